The van der Waals surface area contributed by atoms with Crippen LogP contribution in [0.3, 0.4) is 0 Å². The average molecular weight is 174 g/mol. The fourth-order valence-corrected chi connectivity index (χ4v) is 0.884. The Hall–Kier alpha value is -1.23. The SMILES string of the molecule is N=C(N)N1CC(N)=NC=C1Cl. The van der Waals surface area contributed by atoms with Gasteiger partial charge in [-0.2, -0.15) is 0 Å². The van der Waals surface area contributed by atoms with Crippen LogP contribution in [-0.4, -0.2) is 23.2 Å². The van der Waals surface area contributed by atoms with Crippen LogP contribution >= 0.6 is 11.6 Å². The largest absolute Gasteiger partial charge is 0.386 e. The van der Waals surface area contributed by atoms with Crippen LogP contribution in [0, 0.1) is 5.41 Å². The molecular weight excluding hydrogens is 166 g/mol. The molecule has 0 saturated heterocycles. The summed E-state index contributed by atoms with van der Waals surface area (Å²) in [6.45, 7) is 0.282. The average Bonchev–Trinajstić information content (AvgIpc) is 1.94. The molecule has 0 spiro atoms. The molecule has 0 atom stereocenters. The van der Waals surface area contributed by atoms with Crippen LogP contribution in [0.15, 0.2) is 16.3 Å². The minimum Gasteiger partial charge on any atom is -0.386 e. The lowest BCUT2D eigenvalue weighted by molar-refractivity contribution is 0.597. The van der Waals surface area contributed by atoms with Gasteiger partial charge in [-0.25, -0.2) is 4.99 Å². The fourth-order valence-electron chi connectivity index (χ4n) is 0.684. The Morgan fingerprint density at radius 2 is 2.45 bits per heavy atom. The van der Waals surface area contributed by atoms with Gasteiger partial charge in [0.15, 0.2) is 5.96 Å². The summed E-state index contributed by atoms with van der Waals surface area (Å²) < 4.78 is 0. The molecule has 5 N–H and O–H groups in total. The summed E-state index contributed by atoms with van der Waals surface area (Å²) in [7, 11) is 0. The summed E-state index contributed by atoms with van der Waals surface area (Å²) in [5.74, 6) is 0.258. The summed E-state index contributed by atoms with van der Waals surface area (Å²) >= 11 is 5.65. The number of guanidine groups is 1. The van der Waals surface area contributed by atoms with Crippen LogP contribution in [0.4, 0.5) is 0 Å². The maximum Gasteiger partial charge on any atom is 0.194 e. The molecule has 0 aliphatic carbocycles. The number of aliphatic imine (C=N–C) groups is 1. The second-order valence-corrected chi connectivity index (χ2v) is 2.43. The number of nitrogens with two attached hydrogens (primary N) is 2. The standard InChI is InChI=1S/C5H8ClN5/c6-3-1-10-4(7)2-11(3)5(8)9/h1H,2H2,(H2,7,10)(H3,8,9). The molecule has 6 heteroatoms. The molecule has 0 bridgehead atoms. The molecule has 0 amide bonds. The normalized spacial score (nSPS) is 17.4. The molecule has 0 unspecified atom stereocenters. The van der Waals surface area contributed by atoms with Crippen LogP contribution < -0.4 is 11.5 Å². The lowest BCUT2D eigenvalue weighted by atomic mass is 10.4. The minimum atomic E-state index is -0.135. The number of halogens is 1. The highest BCUT2D eigenvalue weighted by Gasteiger charge is 2.14. The first-order valence-electron chi connectivity index (χ1n) is 2.90. The number of hydrogen-bond acceptors (Lipinski definition) is 3. The molecule has 1 aliphatic rings. The van der Waals surface area contributed by atoms with Gasteiger partial charge >= 0.3 is 0 Å². The predicted molar refractivity (Wildman–Crippen MR) is 44.2 cm³/mol. The highest BCUT2D eigenvalue weighted by atomic mass is 35.5. The van der Waals surface area contributed by atoms with Crippen LogP contribution in [-0.2, 0) is 0 Å². The number of amidine groups is 1. The second kappa shape index (κ2) is 2.79. The zero-order valence-electron chi connectivity index (χ0n) is 5.71. The summed E-state index contributed by atoms with van der Waals surface area (Å²) in [5, 5.41) is 7.39. The van der Waals surface area contributed by atoms with Gasteiger partial charge in [-0.3, -0.25) is 10.3 Å². The number of nitrogens with zero attached hydrogens (tertiary/aromatic N) is 2. The molecule has 0 aromatic heterocycles. The number of nitrogens with one attached hydrogen (secondary N) is 1. The lowest BCUT2D eigenvalue weighted by Crippen LogP contribution is -2.41. The van der Waals surface area contributed by atoms with Gasteiger partial charge in [-0.05, 0) is 0 Å². The molecule has 0 aromatic rings. The van der Waals surface area contributed by atoms with Gasteiger partial charge in [-0.15, -0.1) is 0 Å². The zero-order chi connectivity index (χ0) is 8.43. The van der Waals surface area contributed by atoms with Crippen molar-refractivity contribution in [3.63, 3.8) is 0 Å². The van der Waals surface area contributed by atoms with Crippen molar-refractivity contribution in [2.75, 3.05) is 6.54 Å². The van der Waals surface area contributed by atoms with Crippen molar-refractivity contribution in [1.29, 1.82) is 5.41 Å². The molecule has 60 valence electrons. The predicted octanol–water partition coefficient (Wildman–Crippen LogP) is -0.410. The fraction of sp³-hybridized carbons (Fsp3) is 0.200. The van der Waals surface area contributed by atoms with Crippen molar-refractivity contribution in [3.8, 4) is 0 Å². The first-order valence-corrected chi connectivity index (χ1v) is 3.28. The molecule has 1 rings (SSSR count). The molecular formula is C5H8ClN5. The van der Waals surface area contributed by atoms with E-state index >= 15 is 0 Å². The van der Waals surface area contributed by atoms with Crippen molar-refractivity contribution in [1.82, 2.24) is 4.90 Å². The first-order chi connectivity index (χ1) is 5.11. The van der Waals surface area contributed by atoms with Crippen molar-refractivity contribution in [3.05, 3.63) is 11.4 Å². The van der Waals surface area contributed by atoms with Crippen molar-refractivity contribution in [2.24, 2.45) is 16.5 Å². The highest BCUT2D eigenvalue weighted by Crippen LogP contribution is 2.11. The van der Waals surface area contributed by atoms with Gasteiger partial charge in [0.25, 0.3) is 0 Å². The lowest BCUT2D eigenvalue weighted by Gasteiger charge is -2.22. The maximum absolute atomic E-state index is 7.08. The Morgan fingerprint density at radius 3 is 2.91 bits per heavy atom. The summed E-state index contributed by atoms with van der Waals surface area (Å²) in [4.78, 5) is 5.10. The van der Waals surface area contributed by atoms with Crippen LogP contribution in [0.5, 0.6) is 0 Å². The van der Waals surface area contributed by atoms with E-state index < -0.39 is 0 Å². The van der Waals surface area contributed by atoms with Crippen molar-refractivity contribution < 1.29 is 0 Å². The summed E-state index contributed by atoms with van der Waals surface area (Å²) in [6.07, 6.45) is 1.36. The topological polar surface area (TPSA) is 91.5 Å². The van der Waals surface area contributed by atoms with E-state index in [2.05, 4.69) is 4.99 Å². The Bertz CT molecular complexity index is 243. The van der Waals surface area contributed by atoms with E-state index in [0.29, 0.717) is 11.0 Å². The zero-order valence-corrected chi connectivity index (χ0v) is 6.47. The smallest absolute Gasteiger partial charge is 0.194 e. The van der Waals surface area contributed by atoms with E-state index in [1.807, 2.05) is 0 Å². The van der Waals surface area contributed by atoms with E-state index in [1.165, 1.54) is 11.1 Å². The third kappa shape index (κ3) is 1.62. The van der Waals surface area contributed by atoms with Crippen LogP contribution in [0.1, 0.15) is 0 Å². The number of hydrogen-bond donors (Lipinski definition) is 3. The third-order valence-corrected chi connectivity index (χ3v) is 1.51. The van der Waals surface area contributed by atoms with E-state index in [4.69, 9.17) is 28.5 Å². The van der Waals surface area contributed by atoms with Gasteiger partial charge < -0.3 is 11.5 Å². The van der Waals surface area contributed by atoms with E-state index in [-0.39, 0.29) is 12.5 Å². The molecule has 1 aliphatic heterocycles. The molecule has 5 nitrogen and oxygen atoms in total. The van der Waals surface area contributed by atoms with E-state index in [9.17, 15) is 0 Å². The molecule has 0 radical (unpaired) electrons. The van der Waals surface area contributed by atoms with E-state index in [1.54, 1.807) is 0 Å². The van der Waals surface area contributed by atoms with Gasteiger partial charge in [0, 0.05) is 0 Å². The minimum absolute atomic E-state index is 0.135. The monoisotopic (exact) mass is 173 g/mol. The van der Waals surface area contributed by atoms with Crippen LogP contribution in [0.2, 0.25) is 0 Å². The van der Waals surface area contributed by atoms with E-state index in [0.717, 1.165) is 0 Å². The summed E-state index contributed by atoms with van der Waals surface area (Å²) in [6, 6.07) is 0. The van der Waals surface area contributed by atoms with Gasteiger partial charge in [0.1, 0.15) is 11.0 Å². The molecule has 0 fully saturated rings. The number of rotatable bonds is 0. The Morgan fingerprint density at radius 1 is 1.82 bits per heavy atom. The second-order valence-electron chi connectivity index (χ2n) is 2.04. The maximum atomic E-state index is 7.08. The van der Waals surface area contributed by atoms with Crippen molar-refractivity contribution >= 4 is 23.4 Å². The first kappa shape index (κ1) is 7.87. The molecule has 1 heterocycles. The Kier molecular flexibility index (Phi) is 2.00. The Balaban J connectivity index is 2.81. The van der Waals surface area contributed by atoms with Gasteiger partial charge in [0.2, 0.25) is 0 Å². The summed E-state index contributed by atoms with van der Waals surface area (Å²) in [5.41, 5.74) is 10.6. The van der Waals surface area contributed by atoms with Gasteiger partial charge in [0.05, 0.1) is 12.7 Å². The molecule has 0 aromatic carbocycles. The molecule has 11 heavy (non-hydrogen) atoms. The highest BCUT2D eigenvalue weighted by molar-refractivity contribution is 6.30. The molecule has 0 saturated carbocycles. The third-order valence-electron chi connectivity index (χ3n) is 1.21. The van der Waals surface area contributed by atoms with Gasteiger partial charge in [-0.1, -0.05) is 11.6 Å². The Labute approximate surface area is 68.8 Å². The quantitative estimate of drug-likeness (QED) is 0.264. The van der Waals surface area contributed by atoms with Crippen molar-refractivity contribution in [2.45, 2.75) is 0 Å². The van der Waals surface area contributed by atoms with Crippen LogP contribution in [0.25, 0.3) is 0 Å².